The zero-order valence-electron chi connectivity index (χ0n) is 11.4. The molecule has 1 aromatic heterocycles. The number of hydroxylamine groups is 1. The number of hydrogen-bond donors (Lipinski definition) is 2. The van der Waals surface area contributed by atoms with Crippen LogP contribution < -0.4 is 10.2 Å². The predicted molar refractivity (Wildman–Crippen MR) is 75.2 cm³/mol. The molecule has 9 heteroatoms. The molecular weight excluding hydrogens is 295 g/mol. The lowest BCUT2D eigenvalue weighted by atomic mass is 10.2. The first-order valence-electron chi connectivity index (χ1n) is 6.02. The molecule has 2 aromatic rings. The van der Waals surface area contributed by atoms with Crippen LogP contribution in [0.4, 0.5) is 15.9 Å². The van der Waals surface area contributed by atoms with E-state index < -0.39 is 16.4 Å². The maximum Gasteiger partial charge on any atom is 0.305 e. The molecule has 2 N–H and O–H groups in total. The molecule has 0 bridgehead atoms. The number of aryl methyl sites for hydroxylation is 1. The van der Waals surface area contributed by atoms with Crippen molar-refractivity contribution in [2.24, 2.45) is 4.99 Å². The number of pyridine rings is 1. The molecule has 0 radical (unpaired) electrons. The Bertz CT molecular complexity index is 736. The van der Waals surface area contributed by atoms with Crippen LogP contribution in [0.2, 0.25) is 0 Å². The van der Waals surface area contributed by atoms with Gasteiger partial charge >= 0.3 is 5.69 Å². The molecule has 0 spiro atoms. The molecule has 0 fully saturated rings. The lowest BCUT2D eigenvalue weighted by molar-refractivity contribution is -0.387. The maximum absolute atomic E-state index is 13.6. The minimum Gasteiger partial charge on any atom is -0.457 e. The van der Waals surface area contributed by atoms with Gasteiger partial charge in [-0.1, -0.05) is 0 Å². The molecule has 114 valence electrons. The van der Waals surface area contributed by atoms with Gasteiger partial charge in [0.25, 0.3) is 0 Å². The lowest BCUT2D eigenvalue weighted by Crippen LogP contribution is -2.01. The van der Waals surface area contributed by atoms with Crippen molar-refractivity contribution in [1.29, 1.82) is 0 Å². The topological polar surface area (TPSA) is 110 Å². The van der Waals surface area contributed by atoms with E-state index in [4.69, 9.17) is 9.94 Å². The van der Waals surface area contributed by atoms with Crippen molar-refractivity contribution >= 4 is 17.8 Å². The average molecular weight is 306 g/mol. The first-order chi connectivity index (χ1) is 10.5. The Labute approximate surface area is 124 Å². The van der Waals surface area contributed by atoms with Crippen molar-refractivity contribution in [2.75, 3.05) is 0 Å². The summed E-state index contributed by atoms with van der Waals surface area (Å²) < 4.78 is 19.1. The first-order valence-corrected chi connectivity index (χ1v) is 6.02. The summed E-state index contributed by atoms with van der Waals surface area (Å²) in [6.45, 7) is 1.57. The molecule has 0 atom stereocenters. The summed E-state index contributed by atoms with van der Waals surface area (Å²) in [6.07, 6.45) is 2.43. The van der Waals surface area contributed by atoms with Crippen molar-refractivity contribution in [3.63, 3.8) is 0 Å². The van der Waals surface area contributed by atoms with E-state index in [1.54, 1.807) is 12.4 Å². The van der Waals surface area contributed by atoms with Crippen LogP contribution in [0.25, 0.3) is 0 Å². The lowest BCUT2D eigenvalue weighted by Gasteiger charge is -2.09. The second kappa shape index (κ2) is 6.59. The number of nitro groups is 1. The van der Waals surface area contributed by atoms with E-state index in [-0.39, 0.29) is 11.6 Å². The second-order valence-corrected chi connectivity index (χ2v) is 4.17. The van der Waals surface area contributed by atoms with Gasteiger partial charge in [0, 0.05) is 24.4 Å². The summed E-state index contributed by atoms with van der Waals surface area (Å²) in [5.41, 5.74) is 1.53. The average Bonchev–Trinajstić information content (AvgIpc) is 2.48. The van der Waals surface area contributed by atoms with E-state index in [1.165, 1.54) is 18.3 Å². The number of nitro benzene ring substituents is 1. The van der Waals surface area contributed by atoms with Gasteiger partial charge in [0.2, 0.25) is 5.82 Å². The highest BCUT2D eigenvalue weighted by molar-refractivity contribution is 5.58. The van der Waals surface area contributed by atoms with Crippen LogP contribution in [-0.2, 0) is 0 Å². The number of aliphatic imine (C=N–C) groups is 1. The zero-order valence-corrected chi connectivity index (χ0v) is 11.4. The minimum absolute atomic E-state index is 0.143. The van der Waals surface area contributed by atoms with Crippen molar-refractivity contribution in [3.05, 3.63) is 52.0 Å². The Kier molecular flexibility index (Phi) is 4.59. The van der Waals surface area contributed by atoms with E-state index in [1.807, 2.05) is 0 Å². The molecule has 0 aliphatic heterocycles. The van der Waals surface area contributed by atoms with Crippen LogP contribution in [0.15, 0.2) is 35.5 Å². The van der Waals surface area contributed by atoms with Crippen molar-refractivity contribution in [1.82, 2.24) is 10.5 Å². The number of aromatic nitrogens is 1. The van der Waals surface area contributed by atoms with E-state index in [2.05, 4.69) is 9.98 Å². The highest BCUT2D eigenvalue weighted by atomic mass is 19.1. The van der Waals surface area contributed by atoms with Gasteiger partial charge in [-0.25, -0.2) is 9.98 Å². The second-order valence-electron chi connectivity index (χ2n) is 4.17. The van der Waals surface area contributed by atoms with Gasteiger partial charge in [-0.3, -0.25) is 20.8 Å². The van der Waals surface area contributed by atoms with Crippen LogP contribution >= 0.6 is 0 Å². The van der Waals surface area contributed by atoms with Crippen LogP contribution in [0.1, 0.15) is 5.56 Å². The van der Waals surface area contributed by atoms with Crippen LogP contribution in [-0.4, -0.2) is 21.5 Å². The fourth-order valence-corrected chi connectivity index (χ4v) is 1.65. The third kappa shape index (κ3) is 3.52. The Morgan fingerprint density at radius 2 is 2.27 bits per heavy atom. The zero-order chi connectivity index (χ0) is 16.1. The van der Waals surface area contributed by atoms with E-state index in [0.29, 0.717) is 11.3 Å². The summed E-state index contributed by atoms with van der Waals surface area (Å²) in [6, 6.07) is 5.02. The van der Waals surface area contributed by atoms with E-state index in [0.717, 1.165) is 18.5 Å². The molecule has 0 aliphatic carbocycles. The molecular formula is C13H11FN4O4. The highest BCUT2D eigenvalue weighted by Crippen LogP contribution is 2.31. The number of nitrogens with zero attached hydrogens (tertiary/aromatic N) is 3. The number of hydrogen-bond acceptors (Lipinski definition) is 6. The standard InChI is InChI=1S/C13H11FN4O4/c1-8-4-11(18(20)21)10(14)6-12(8)22-9-2-3-15-13(5-9)16-7-17-19/h2-7,19H,1H3,(H,15,16,17). The Balaban J connectivity index is 2.29. The molecule has 8 nitrogen and oxygen atoms in total. The van der Waals surface area contributed by atoms with Crippen LogP contribution in [0, 0.1) is 22.9 Å². The molecule has 1 aromatic carbocycles. The van der Waals surface area contributed by atoms with Crippen LogP contribution in [0.3, 0.4) is 0 Å². The maximum atomic E-state index is 13.6. The summed E-state index contributed by atoms with van der Waals surface area (Å²) >= 11 is 0. The first kappa shape index (κ1) is 15.3. The molecule has 0 unspecified atom stereocenters. The molecule has 0 saturated carbocycles. The number of benzene rings is 1. The molecule has 2 rings (SSSR count). The van der Waals surface area contributed by atoms with Gasteiger partial charge in [0.05, 0.1) is 4.92 Å². The van der Waals surface area contributed by atoms with Gasteiger partial charge in [-0.2, -0.15) is 4.39 Å². The van der Waals surface area contributed by atoms with Gasteiger partial charge in [-0.15, -0.1) is 0 Å². The Morgan fingerprint density at radius 1 is 1.50 bits per heavy atom. The largest absolute Gasteiger partial charge is 0.457 e. The van der Waals surface area contributed by atoms with Gasteiger partial charge in [-0.05, 0) is 18.6 Å². The molecule has 22 heavy (non-hydrogen) atoms. The van der Waals surface area contributed by atoms with Crippen molar-refractivity contribution in [3.8, 4) is 11.5 Å². The van der Waals surface area contributed by atoms with Crippen LogP contribution in [0.5, 0.6) is 11.5 Å². The third-order valence-corrected chi connectivity index (χ3v) is 2.64. The summed E-state index contributed by atoms with van der Waals surface area (Å²) in [7, 11) is 0. The van der Waals surface area contributed by atoms with Crippen molar-refractivity contribution in [2.45, 2.75) is 6.92 Å². The van der Waals surface area contributed by atoms with E-state index in [9.17, 15) is 14.5 Å². The van der Waals surface area contributed by atoms with Gasteiger partial charge < -0.3 is 4.74 Å². The quantitative estimate of drug-likeness (QED) is 0.380. The molecule has 0 saturated heterocycles. The minimum atomic E-state index is -0.984. The summed E-state index contributed by atoms with van der Waals surface area (Å²) in [5.74, 6) is -0.276. The highest BCUT2D eigenvalue weighted by Gasteiger charge is 2.17. The fraction of sp³-hybridized carbons (Fsp3) is 0.0769. The summed E-state index contributed by atoms with van der Waals surface area (Å²) in [5, 5.41) is 19.1. The number of rotatable bonds is 5. The van der Waals surface area contributed by atoms with E-state index >= 15 is 0 Å². The molecule has 0 amide bonds. The SMILES string of the molecule is Cc1cc([N+](=O)[O-])c(F)cc1Oc1ccnc(N=CNO)c1. The van der Waals surface area contributed by atoms with Gasteiger partial charge in [0.1, 0.15) is 17.8 Å². The Hall–Kier alpha value is -3.07. The smallest absolute Gasteiger partial charge is 0.305 e. The normalized spacial score (nSPS) is 10.7. The number of halogens is 1. The Morgan fingerprint density at radius 3 is 2.95 bits per heavy atom. The fourth-order valence-electron chi connectivity index (χ4n) is 1.65. The molecule has 1 heterocycles. The monoisotopic (exact) mass is 306 g/mol. The molecule has 0 aliphatic rings. The predicted octanol–water partition coefficient (Wildman–Crippen LogP) is 2.87. The number of ether oxygens (including phenoxy) is 1. The van der Waals surface area contributed by atoms with Gasteiger partial charge in [0.15, 0.2) is 5.82 Å². The third-order valence-electron chi connectivity index (χ3n) is 2.64. The number of nitrogens with one attached hydrogen (secondary N) is 1. The summed E-state index contributed by atoms with van der Waals surface area (Å²) in [4.78, 5) is 17.5. The van der Waals surface area contributed by atoms with Crippen molar-refractivity contribution < 1.29 is 19.3 Å².